The first-order valence-corrected chi connectivity index (χ1v) is 13.7. The van der Waals surface area contributed by atoms with Crippen LogP contribution in [-0.2, 0) is 0 Å². The van der Waals surface area contributed by atoms with Gasteiger partial charge in [-0.25, -0.2) is 0 Å². The summed E-state index contributed by atoms with van der Waals surface area (Å²) in [5.74, 6) is 0. The van der Waals surface area contributed by atoms with E-state index in [-0.39, 0.29) is 0 Å². The van der Waals surface area contributed by atoms with Crippen molar-refractivity contribution in [3.05, 3.63) is 24.3 Å². The molecule has 0 rings (SSSR count). The Hall–Kier alpha value is -0.850. The number of rotatable bonds is 24. The van der Waals surface area contributed by atoms with Crippen molar-refractivity contribution in [1.29, 1.82) is 5.41 Å². The molecule has 0 atom stereocenters. The van der Waals surface area contributed by atoms with Crippen LogP contribution in [0.5, 0.6) is 0 Å². The van der Waals surface area contributed by atoms with E-state index >= 15 is 0 Å². The van der Waals surface area contributed by atoms with E-state index in [1.54, 1.807) is 0 Å². The van der Waals surface area contributed by atoms with Gasteiger partial charge in [-0.3, -0.25) is 0 Å². The van der Waals surface area contributed by atoms with Crippen LogP contribution in [0.2, 0.25) is 0 Å². The molecule has 0 fully saturated rings. The molecule has 0 aliphatic rings. The van der Waals surface area contributed by atoms with Gasteiger partial charge >= 0.3 is 0 Å². The van der Waals surface area contributed by atoms with Crippen LogP contribution in [-0.4, -0.2) is 5.71 Å². The minimum absolute atomic E-state index is 1.01. The second-order valence-corrected chi connectivity index (χ2v) is 9.16. The van der Waals surface area contributed by atoms with Crippen molar-refractivity contribution in [2.24, 2.45) is 0 Å². The van der Waals surface area contributed by atoms with E-state index in [2.05, 4.69) is 38.2 Å². The van der Waals surface area contributed by atoms with Crippen LogP contribution < -0.4 is 0 Å². The molecule has 0 aromatic heterocycles. The monoisotopic (exact) mass is 417 g/mol. The average Bonchev–Trinajstić information content (AvgIpc) is 2.75. The fourth-order valence-corrected chi connectivity index (χ4v) is 3.92. The Labute approximate surface area is 190 Å². The van der Waals surface area contributed by atoms with Crippen LogP contribution in [0.1, 0.15) is 155 Å². The summed E-state index contributed by atoms with van der Waals surface area (Å²) < 4.78 is 0. The zero-order valence-corrected chi connectivity index (χ0v) is 20.9. The van der Waals surface area contributed by atoms with Crippen LogP contribution in [0.15, 0.2) is 24.3 Å². The molecular formula is C29H55N. The van der Waals surface area contributed by atoms with Crippen LogP contribution >= 0.6 is 0 Å². The Morgan fingerprint density at radius 1 is 0.467 bits per heavy atom. The number of allylic oxidation sites excluding steroid dienone is 4. The number of unbranched alkanes of at least 4 members (excludes halogenated alkanes) is 16. The van der Waals surface area contributed by atoms with Crippen LogP contribution in [0.4, 0.5) is 0 Å². The van der Waals surface area contributed by atoms with Gasteiger partial charge in [0.1, 0.15) is 0 Å². The summed E-state index contributed by atoms with van der Waals surface area (Å²) in [4.78, 5) is 0. The van der Waals surface area contributed by atoms with Gasteiger partial charge < -0.3 is 5.41 Å². The van der Waals surface area contributed by atoms with Crippen molar-refractivity contribution >= 4 is 5.71 Å². The van der Waals surface area contributed by atoms with Gasteiger partial charge in [-0.1, -0.05) is 122 Å². The molecule has 0 heterocycles. The van der Waals surface area contributed by atoms with E-state index < -0.39 is 0 Å². The molecule has 0 spiro atoms. The predicted octanol–water partition coefficient (Wildman–Crippen LogP) is 10.7. The molecular weight excluding hydrogens is 362 g/mol. The molecule has 0 saturated heterocycles. The minimum atomic E-state index is 1.01. The Balaban J connectivity index is 3.24. The molecule has 0 saturated carbocycles. The minimum Gasteiger partial charge on any atom is -0.310 e. The Morgan fingerprint density at radius 3 is 1.33 bits per heavy atom. The maximum atomic E-state index is 8.13. The van der Waals surface area contributed by atoms with Crippen LogP contribution in [0.25, 0.3) is 0 Å². The lowest BCUT2D eigenvalue weighted by Crippen LogP contribution is -1.96. The maximum Gasteiger partial charge on any atom is 0.00891 e. The zero-order chi connectivity index (χ0) is 22.0. The van der Waals surface area contributed by atoms with Crippen molar-refractivity contribution < 1.29 is 0 Å². The summed E-state index contributed by atoms with van der Waals surface area (Å²) in [7, 11) is 0. The van der Waals surface area contributed by atoms with Gasteiger partial charge in [-0.15, -0.1) is 0 Å². The van der Waals surface area contributed by atoms with E-state index in [4.69, 9.17) is 5.41 Å². The first kappa shape index (κ1) is 29.1. The molecule has 1 nitrogen and oxygen atoms in total. The zero-order valence-electron chi connectivity index (χ0n) is 20.9. The molecule has 0 aromatic rings. The topological polar surface area (TPSA) is 23.9 Å². The molecule has 0 aliphatic carbocycles. The van der Waals surface area contributed by atoms with Crippen molar-refractivity contribution in [1.82, 2.24) is 0 Å². The SMILES string of the molecule is CCCCC/C=C\C/C=C\CCCCCCCCC(=N)CCCCCCCCCC. The first-order valence-electron chi connectivity index (χ1n) is 13.7. The number of nitrogens with one attached hydrogen (secondary N) is 1. The Bertz CT molecular complexity index is 393. The molecule has 0 radical (unpaired) electrons. The van der Waals surface area contributed by atoms with Gasteiger partial charge in [-0.05, 0) is 57.8 Å². The van der Waals surface area contributed by atoms with E-state index in [0.717, 1.165) is 25.0 Å². The van der Waals surface area contributed by atoms with Gasteiger partial charge in [0.05, 0.1) is 0 Å². The highest BCUT2D eigenvalue weighted by Gasteiger charge is 1.99. The van der Waals surface area contributed by atoms with Gasteiger partial charge in [0.2, 0.25) is 0 Å². The summed E-state index contributed by atoms with van der Waals surface area (Å²) in [6.07, 6.45) is 38.0. The average molecular weight is 418 g/mol. The number of hydrogen-bond donors (Lipinski definition) is 1. The number of hydrogen-bond acceptors (Lipinski definition) is 1. The van der Waals surface area contributed by atoms with Gasteiger partial charge in [0.15, 0.2) is 0 Å². The largest absolute Gasteiger partial charge is 0.310 e. The van der Waals surface area contributed by atoms with E-state index in [9.17, 15) is 0 Å². The molecule has 30 heavy (non-hydrogen) atoms. The highest BCUT2D eigenvalue weighted by atomic mass is 14.4. The molecule has 0 amide bonds. The second-order valence-electron chi connectivity index (χ2n) is 9.16. The summed E-state index contributed by atoms with van der Waals surface area (Å²) in [6.45, 7) is 4.54. The van der Waals surface area contributed by atoms with E-state index in [0.29, 0.717) is 0 Å². The van der Waals surface area contributed by atoms with Crippen molar-refractivity contribution in [3.8, 4) is 0 Å². The molecule has 0 unspecified atom stereocenters. The fourth-order valence-electron chi connectivity index (χ4n) is 3.92. The highest BCUT2D eigenvalue weighted by molar-refractivity contribution is 5.81. The fraction of sp³-hybridized carbons (Fsp3) is 0.828. The normalized spacial score (nSPS) is 11.8. The first-order chi connectivity index (χ1) is 14.8. The summed E-state index contributed by atoms with van der Waals surface area (Å²) in [5.41, 5.74) is 1.01. The van der Waals surface area contributed by atoms with Crippen molar-refractivity contribution in [3.63, 3.8) is 0 Å². The molecule has 1 heteroatoms. The van der Waals surface area contributed by atoms with E-state index in [1.165, 1.54) is 122 Å². The summed E-state index contributed by atoms with van der Waals surface area (Å²) in [5, 5.41) is 8.13. The van der Waals surface area contributed by atoms with Gasteiger partial charge in [-0.2, -0.15) is 0 Å². The third-order valence-corrected chi connectivity index (χ3v) is 6.01. The molecule has 1 N–H and O–H groups in total. The summed E-state index contributed by atoms with van der Waals surface area (Å²) >= 11 is 0. The highest BCUT2D eigenvalue weighted by Crippen LogP contribution is 2.13. The molecule has 176 valence electrons. The lowest BCUT2D eigenvalue weighted by molar-refractivity contribution is 0.577. The Morgan fingerprint density at radius 2 is 0.833 bits per heavy atom. The third kappa shape index (κ3) is 25.2. The van der Waals surface area contributed by atoms with Gasteiger partial charge in [0, 0.05) is 5.71 Å². The molecule has 0 aliphatic heterocycles. The molecule has 0 aromatic carbocycles. The third-order valence-electron chi connectivity index (χ3n) is 6.01. The van der Waals surface area contributed by atoms with Crippen LogP contribution in [0, 0.1) is 5.41 Å². The van der Waals surface area contributed by atoms with E-state index in [1.807, 2.05) is 0 Å². The smallest absolute Gasteiger partial charge is 0.00891 e. The van der Waals surface area contributed by atoms with Gasteiger partial charge in [0.25, 0.3) is 0 Å². The van der Waals surface area contributed by atoms with Crippen LogP contribution in [0.3, 0.4) is 0 Å². The lowest BCUT2D eigenvalue weighted by Gasteiger charge is -2.05. The van der Waals surface area contributed by atoms with Crippen molar-refractivity contribution in [2.45, 2.75) is 155 Å². The standard InChI is InChI=1S/C29H55N/c1-3-5-7-9-11-13-14-15-16-17-18-19-20-22-24-26-28-29(30)27-25-23-21-12-10-8-6-4-2/h11,13,15-16,30H,3-10,12,14,17-28H2,1-2H3/b13-11-,16-15-,30-29?. The summed E-state index contributed by atoms with van der Waals surface area (Å²) in [6, 6.07) is 0. The van der Waals surface area contributed by atoms with Crippen molar-refractivity contribution in [2.75, 3.05) is 0 Å². The second kappa shape index (κ2) is 26.2. The maximum absolute atomic E-state index is 8.13. The quantitative estimate of drug-likeness (QED) is 0.0917. The lowest BCUT2D eigenvalue weighted by atomic mass is 10.0. The predicted molar refractivity (Wildman–Crippen MR) is 139 cm³/mol. The Kier molecular flexibility index (Phi) is 25.4. The molecule has 0 bridgehead atoms.